The fraction of sp³-hybridized carbons (Fsp3) is 0.250. The molecule has 0 fully saturated rings. The quantitative estimate of drug-likeness (QED) is 0.771. The van der Waals surface area contributed by atoms with E-state index in [1.54, 1.807) is 31.2 Å². The number of rotatable bonds is 6. The molecule has 1 aliphatic rings. The second-order valence-electron chi connectivity index (χ2n) is 6.47. The molecule has 0 bridgehead atoms. The van der Waals surface area contributed by atoms with Crippen molar-refractivity contribution >= 4 is 23.5 Å². The van der Waals surface area contributed by atoms with Crippen LogP contribution < -0.4 is 15.0 Å². The fourth-order valence-electron chi connectivity index (χ4n) is 3.04. The second-order valence-corrected chi connectivity index (χ2v) is 6.47. The summed E-state index contributed by atoms with van der Waals surface area (Å²) in [4.78, 5) is 37.6. The first kappa shape index (κ1) is 20.2. The van der Waals surface area contributed by atoms with Crippen LogP contribution in [0.5, 0.6) is 5.75 Å². The normalized spacial score (nSPS) is 16.6. The molecule has 0 aliphatic carbocycles. The summed E-state index contributed by atoms with van der Waals surface area (Å²) in [6.07, 6.45) is -0.951. The lowest BCUT2D eigenvalue weighted by molar-refractivity contribution is -0.142. The molecule has 2 N–H and O–H groups in total. The monoisotopic (exact) mass is 404 g/mol. The molecule has 0 radical (unpaired) electrons. The lowest BCUT2D eigenvalue weighted by Crippen LogP contribution is -2.46. The van der Waals surface area contributed by atoms with Gasteiger partial charge in [-0.15, -0.1) is 0 Å². The van der Waals surface area contributed by atoms with E-state index in [1.165, 1.54) is 4.90 Å². The molecule has 2 amide bonds. The third-order valence-electron chi connectivity index (χ3n) is 4.46. The van der Waals surface area contributed by atoms with Gasteiger partial charge in [-0.1, -0.05) is 18.2 Å². The first-order chi connectivity index (χ1) is 13.8. The summed E-state index contributed by atoms with van der Waals surface area (Å²) in [6.45, 7) is 1.57. The molecule has 0 spiro atoms. The summed E-state index contributed by atoms with van der Waals surface area (Å²) in [5.74, 6) is -3.98. The summed E-state index contributed by atoms with van der Waals surface area (Å²) in [6, 6.07) is 7.57. The first-order valence-corrected chi connectivity index (χ1v) is 8.82. The Morgan fingerprint density at radius 1 is 1.24 bits per heavy atom. The van der Waals surface area contributed by atoms with Crippen molar-refractivity contribution < 1.29 is 33.0 Å². The van der Waals surface area contributed by atoms with Crippen LogP contribution in [0, 0.1) is 11.6 Å². The van der Waals surface area contributed by atoms with Gasteiger partial charge < -0.3 is 20.1 Å². The summed E-state index contributed by atoms with van der Waals surface area (Å²) < 4.78 is 32.5. The molecule has 0 aromatic heterocycles. The molecule has 1 aliphatic heterocycles. The average molecular weight is 404 g/mol. The number of amides is 2. The number of anilines is 1. The smallest absolute Gasteiger partial charge is 0.331 e. The summed E-state index contributed by atoms with van der Waals surface area (Å²) in [5, 5.41) is 11.5. The van der Waals surface area contributed by atoms with Gasteiger partial charge in [0.1, 0.15) is 17.4 Å². The maximum Gasteiger partial charge on any atom is 0.331 e. The highest BCUT2D eigenvalue weighted by Gasteiger charge is 2.32. The highest BCUT2D eigenvalue weighted by Crippen LogP contribution is 2.33. The number of ether oxygens (including phenoxy) is 1. The number of hydrogen-bond donors (Lipinski definition) is 2. The van der Waals surface area contributed by atoms with Crippen LogP contribution in [0.25, 0.3) is 0 Å². The van der Waals surface area contributed by atoms with E-state index >= 15 is 0 Å². The van der Waals surface area contributed by atoms with Crippen LogP contribution in [0.4, 0.5) is 14.5 Å². The predicted octanol–water partition coefficient (Wildman–Crippen LogP) is 2.41. The third kappa shape index (κ3) is 4.34. The SMILES string of the molecule is C[C@H]1Oc2ccccc2N(CCC(=O)N[C@H](C(=O)O)c2ccc(F)cc2F)C1=O. The molecule has 2 aromatic carbocycles. The maximum absolute atomic E-state index is 13.9. The number of aliphatic carboxylic acids is 1. The van der Waals surface area contributed by atoms with Crippen LogP contribution in [-0.2, 0) is 14.4 Å². The highest BCUT2D eigenvalue weighted by atomic mass is 19.1. The topological polar surface area (TPSA) is 95.9 Å². The number of halogens is 2. The van der Waals surface area contributed by atoms with E-state index in [2.05, 4.69) is 5.32 Å². The van der Waals surface area contributed by atoms with Gasteiger partial charge >= 0.3 is 5.97 Å². The minimum absolute atomic E-state index is 0.0202. The van der Waals surface area contributed by atoms with Gasteiger partial charge in [0.15, 0.2) is 12.1 Å². The molecule has 1 heterocycles. The Bertz CT molecular complexity index is 966. The molecule has 7 nitrogen and oxygen atoms in total. The van der Waals surface area contributed by atoms with Crippen molar-refractivity contribution in [1.29, 1.82) is 0 Å². The predicted molar refractivity (Wildman–Crippen MR) is 98.4 cm³/mol. The first-order valence-electron chi connectivity index (χ1n) is 8.82. The van der Waals surface area contributed by atoms with E-state index in [1.807, 2.05) is 0 Å². The average Bonchev–Trinajstić information content (AvgIpc) is 2.67. The van der Waals surface area contributed by atoms with Crippen LogP contribution in [0.2, 0.25) is 0 Å². The Labute approximate surface area is 164 Å². The van der Waals surface area contributed by atoms with E-state index < -0.39 is 35.7 Å². The van der Waals surface area contributed by atoms with E-state index in [4.69, 9.17) is 4.74 Å². The Morgan fingerprint density at radius 3 is 2.66 bits per heavy atom. The molecule has 0 saturated carbocycles. The zero-order valence-electron chi connectivity index (χ0n) is 15.4. The summed E-state index contributed by atoms with van der Waals surface area (Å²) >= 11 is 0. The third-order valence-corrected chi connectivity index (χ3v) is 4.46. The fourth-order valence-corrected chi connectivity index (χ4v) is 3.04. The number of carbonyl (C=O) groups excluding carboxylic acids is 2. The van der Waals surface area contributed by atoms with Gasteiger partial charge in [-0.25, -0.2) is 13.6 Å². The molecule has 2 atom stereocenters. The number of fused-ring (bicyclic) bond motifs is 1. The maximum atomic E-state index is 13.9. The van der Waals surface area contributed by atoms with E-state index in [0.717, 1.165) is 12.1 Å². The lowest BCUT2D eigenvalue weighted by atomic mass is 10.1. The van der Waals surface area contributed by atoms with Crippen molar-refractivity contribution in [3.8, 4) is 5.75 Å². The van der Waals surface area contributed by atoms with Crippen LogP contribution in [-0.4, -0.2) is 35.5 Å². The number of hydrogen-bond acceptors (Lipinski definition) is 4. The molecule has 152 valence electrons. The number of nitrogens with one attached hydrogen (secondary N) is 1. The number of nitrogens with zero attached hydrogens (tertiary/aromatic N) is 1. The van der Waals surface area contributed by atoms with Gasteiger partial charge in [0.25, 0.3) is 5.91 Å². The highest BCUT2D eigenvalue weighted by molar-refractivity contribution is 6.00. The molecule has 29 heavy (non-hydrogen) atoms. The summed E-state index contributed by atoms with van der Waals surface area (Å²) in [5.41, 5.74) is 0.136. The molecule has 2 aromatic rings. The van der Waals surface area contributed by atoms with Crippen molar-refractivity contribution in [2.75, 3.05) is 11.4 Å². The number of carboxylic acid groups (broad SMARTS) is 1. The molecular formula is C20H18F2N2O5. The van der Waals surface area contributed by atoms with Crippen molar-refractivity contribution in [1.82, 2.24) is 5.32 Å². The molecule has 9 heteroatoms. The van der Waals surface area contributed by atoms with Gasteiger partial charge in [0, 0.05) is 24.6 Å². The zero-order valence-corrected chi connectivity index (χ0v) is 15.4. The zero-order chi connectivity index (χ0) is 21.1. The molecule has 3 rings (SSSR count). The number of carbonyl (C=O) groups is 3. The molecule has 0 unspecified atom stereocenters. The van der Waals surface area contributed by atoms with Gasteiger partial charge in [-0.3, -0.25) is 9.59 Å². The van der Waals surface area contributed by atoms with Crippen LogP contribution in [0.3, 0.4) is 0 Å². The van der Waals surface area contributed by atoms with E-state index in [9.17, 15) is 28.3 Å². The van der Waals surface area contributed by atoms with Crippen molar-refractivity contribution in [3.63, 3.8) is 0 Å². The van der Waals surface area contributed by atoms with Crippen LogP contribution in [0.15, 0.2) is 42.5 Å². The van der Waals surface area contributed by atoms with E-state index in [0.29, 0.717) is 17.5 Å². The van der Waals surface area contributed by atoms with Crippen molar-refractivity contribution in [2.45, 2.75) is 25.5 Å². The molecule has 0 saturated heterocycles. The number of para-hydroxylation sites is 2. The van der Waals surface area contributed by atoms with Gasteiger partial charge in [-0.05, 0) is 25.1 Å². The van der Waals surface area contributed by atoms with E-state index in [-0.39, 0.29) is 24.4 Å². The Morgan fingerprint density at radius 2 is 1.97 bits per heavy atom. The van der Waals surface area contributed by atoms with Crippen LogP contribution >= 0.6 is 0 Å². The summed E-state index contributed by atoms with van der Waals surface area (Å²) in [7, 11) is 0. The van der Waals surface area contributed by atoms with Gasteiger partial charge in [0.2, 0.25) is 5.91 Å². The Balaban J connectivity index is 1.71. The van der Waals surface area contributed by atoms with Crippen LogP contribution in [0.1, 0.15) is 24.9 Å². The van der Waals surface area contributed by atoms with Gasteiger partial charge in [0.05, 0.1) is 5.69 Å². The minimum Gasteiger partial charge on any atom is -0.479 e. The largest absolute Gasteiger partial charge is 0.479 e. The minimum atomic E-state index is -1.69. The van der Waals surface area contributed by atoms with Gasteiger partial charge in [-0.2, -0.15) is 0 Å². The van der Waals surface area contributed by atoms with Crippen molar-refractivity contribution in [3.05, 3.63) is 59.7 Å². The Hall–Kier alpha value is -3.49. The number of benzene rings is 2. The number of carboxylic acids is 1. The lowest BCUT2D eigenvalue weighted by Gasteiger charge is -2.32. The Kier molecular flexibility index (Phi) is 5.76. The standard InChI is InChI=1S/C20H18F2N2O5/c1-11-19(26)24(15-4-2-3-5-16(15)29-11)9-8-17(25)23-18(20(27)28)13-7-6-12(21)10-14(13)22/h2-7,10-11,18H,8-9H2,1H3,(H,23,25)(H,27,28)/t11-,18+/m1/s1. The second kappa shape index (κ2) is 8.26. The van der Waals surface area contributed by atoms with Crippen molar-refractivity contribution in [2.24, 2.45) is 0 Å². The molecular weight excluding hydrogens is 386 g/mol.